The van der Waals surface area contributed by atoms with E-state index in [0.29, 0.717) is 0 Å². The van der Waals surface area contributed by atoms with Gasteiger partial charge in [0.1, 0.15) is 5.57 Å². The van der Waals surface area contributed by atoms with Gasteiger partial charge >= 0.3 is 33.7 Å². The van der Waals surface area contributed by atoms with E-state index in [2.05, 4.69) is 4.74 Å². The van der Waals surface area contributed by atoms with Gasteiger partial charge in [0.2, 0.25) is 0 Å². The average Bonchev–Trinajstić information content (AvgIpc) is 2.19. The van der Waals surface area contributed by atoms with E-state index < -0.39 is 45.4 Å². The molecule has 0 heterocycles. The van der Waals surface area contributed by atoms with Crippen molar-refractivity contribution in [2.45, 2.75) is 23.7 Å². The zero-order chi connectivity index (χ0) is 17.4. The molecule has 0 aromatic rings. The highest BCUT2D eigenvalue weighted by Gasteiger charge is 2.66. The summed E-state index contributed by atoms with van der Waals surface area (Å²) in [5.41, 5.74) is -2.58. The van der Waals surface area contributed by atoms with Crippen molar-refractivity contribution >= 4 is 16.1 Å². The van der Waals surface area contributed by atoms with Crippen molar-refractivity contribution < 1.29 is 57.6 Å². The minimum Gasteiger partial charge on any atom is -0.441 e. The summed E-state index contributed by atoms with van der Waals surface area (Å²) in [7, 11) is -6.73. The summed E-state index contributed by atoms with van der Waals surface area (Å²) in [6.07, 6.45) is -16.7. The number of carbonyl (C=O) groups excluding carboxylic acids is 1. The first-order valence-corrected chi connectivity index (χ1v) is 5.75. The highest BCUT2D eigenvalue weighted by atomic mass is 32.2. The van der Waals surface area contributed by atoms with Gasteiger partial charge in [-0.15, -0.1) is 0 Å². The Balaban J connectivity index is 5.64. The second-order valence-corrected chi connectivity index (χ2v) is 4.83. The molecule has 0 bridgehead atoms. The number of esters is 1. The Morgan fingerprint density at radius 3 is 1.67 bits per heavy atom. The van der Waals surface area contributed by atoms with Crippen LogP contribution < -0.4 is 0 Å². The minimum atomic E-state index is -6.73. The molecule has 0 aromatic heterocycles. The van der Waals surface area contributed by atoms with Crippen LogP contribution in [0.4, 0.5) is 35.1 Å². The molecule has 0 spiro atoms. The van der Waals surface area contributed by atoms with Crippen LogP contribution in [-0.4, -0.2) is 42.7 Å². The number of hydrogen-bond donors (Lipinski definition) is 1. The largest absolute Gasteiger partial charge is 0.441 e. The molecule has 1 unspecified atom stereocenters. The quantitative estimate of drug-likeness (QED) is 0.363. The van der Waals surface area contributed by atoms with Crippen LogP contribution in [0.3, 0.4) is 0 Å². The maximum atomic E-state index is 12.9. The van der Waals surface area contributed by atoms with E-state index >= 15 is 0 Å². The highest BCUT2D eigenvalue weighted by molar-refractivity contribution is 7.86. The van der Waals surface area contributed by atoms with Crippen molar-refractivity contribution in [1.82, 2.24) is 0 Å². The van der Waals surface area contributed by atoms with Crippen LogP contribution in [-0.2, 0) is 19.6 Å². The first-order valence-electron chi connectivity index (χ1n) is 4.31. The zero-order valence-electron chi connectivity index (χ0n) is 9.30. The lowest BCUT2D eigenvalue weighted by Gasteiger charge is -2.26. The molecule has 0 aliphatic carbocycles. The Labute approximate surface area is 110 Å². The molecule has 1 N–H and O–H groups in total. The van der Waals surface area contributed by atoms with Crippen LogP contribution in [0.1, 0.15) is 0 Å². The first kappa shape index (κ1) is 19.6. The highest BCUT2D eigenvalue weighted by Crippen LogP contribution is 2.39. The molecule has 0 aliphatic heterocycles. The van der Waals surface area contributed by atoms with Gasteiger partial charge in [-0.2, -0.15) is 43.5 Å². The van der Waals surface area contributed by atoms with E-state index in [9.17, 15) is 48.3 Å². The smallest absolute Gasteiger partial charge is 0.432 e. The molecule has 0 amide bonds. The Morgan fingerprint density at radius 1 is 1.05 bits per heavy atom. The van der Waals surface area contributed by atoms with Crippen molar-refractivity contribution in [3.63, 3.8) is 0 Å². The molecule has 0 fully saturated rings. The minimum absolute atomic E-state index is 1.98. The maximum Gasteiger partial charge on any atom is 0.432 e. The van der Waals surface area contributed by atoms with Crippen molar-refractivity contribution in [1.29, 1.82) is 0 Å². The molecular weight excluding hydrogens is 348 g/mol. The first-order chi connectivity index (χ1) is 8.92. The fourth-order valence-electron chi connectivity index (χ4n) is 0.755. The van der Waals surface area contributed by atoms with Crippen LogP contribution in [0.5, 0.6) is 0 Å². The predicted octanol–water partition coefficient (Wildman–Crippen LogP) is 2.06. The fraction of sp³-hybridized carbons (Fsp3) is 0.571. The molecule has 14 heteroatoms. The third kappa shape index (κ3) is 4.52. The topological polar surface area (TPSA) is 80.7 Å². The Bertz CT molecular complexity index is 530. The van der Waals surface area contributed by atoms with E-state index in [1.54, 1.807) is 0 Å². The molecule has 0 rings (SSSR count). The van der Waals surface area contributed by atoms with E-state index in [4.69, 9.17) is 4.55 Å². The summed E-state index contributed by atoms with van der Waals surface area (Å²) in [6, 6.07) is 0. The molecule has 21 heavy (non-hydrogen) atoms. The Kier molecular flexibility index (Phi) is 5.03. The van der Waals surface area contributed by atoms with Crippen LogP contribution in [0, 0.1) is 0 Å². The lowest BCUT2D eigenvalue weighted by Crippen LogP contribution is -2.52. The Morgan fingerprint density at radius 2 is 1.43 bits per heavy atom. The van der Waals surface area contributed by atoms with Crippen molar-refractivity contribution in [2.75, 3.05) is 0 Å². The van der Waals surface area contributed by atoms with Crippen LogP contribution in [0.15, 0.2) is 12.2 Å². The second kappa shape index (κ2) is 5.40. The summed E-state index contributed by atoms with van der Waals surface area (Å²) >= 11 is 0. The fourth-order valence-corrected chi connectivity index (χ4v) is 1.21. The molecule has 0 aliphatic rings. The van der Waals surface area contributed by atoms with Crippen molar-refractivity contribution in [3.8, 4) is 0 Å². The van der Waals surface area contributed by atoms with Gasteiger partial charge in [-0.3, -0.25) is 4.55 Å². The number of rotatable bonds is 4. The van der Waals surface area contributed by atoms with Crippen molar-refractivity contribution in [2.24, 2.45) is 0 Å². The van der Waals surface area contributed by atoms with Crippen LogP contribution in [0.25, 0.3) is 0 Å². The number of hydrogen-bond acceptors (Lipinski definition) is 4. The van der Waals surface area contributed by atoms with Gasteiger partial charge in [0.25, 0.3) is 6.10 Å². The average molecular weight is 352 g/mol. The standard InChI is InChI=1S/C7H4F8O5S/c1-2(5(8,9)10)3(16)20-4(6(11,12)13)7(14,15)21(17,18)19/h4H,1H2,(H,17,18,19). The number of carbonyl (C=O) groups is 1. The summed E-state index contributed by atoms with van der Waals surface area (Å²) in [5.74, 6) is -2.98. The predicted molar refractivity (Wildman–Crippen MR) is 47.6 cm³/mol. The zero-order valence-corrected chi connectivity index (χ0v) is 10.1. The summed E-state index contributed by atoms with van der Waals surface area (Å²) in [5, 5.41) is -6.12. The summed E-state index contributed by atoms with van der Waals surface area (Å²) in [6.45, 7) is 1.98. The molecule has 1 atom stereocenters. The summed E-state index contributed by atoms with van der Waals surface area (Å²) < 4.78 is 129. The SMILES string of the molecule is C=C(C(=O)OC(C(F)(F)F)C(F)(F)S(=O)(=O)O)C(F)(F)F. The van der Waals surface area contributed by atoms with E-state index in [1.165, 1.54) is 0 Å². The van der Waals surface area contributed by atoms with Gasteiger partial charge in [-0.25, -0.2) is 4.79 Å². The maximum absolute atomic E-state index is 12.9. The van der Waals surface area contributed by atoms with Gasteiger partial charge in [0, 0.05) is 0 Å². The van der Waals surface area contributed by atoms with Crippen LogP contribution >= 0.6 is 0 Å². The van der Waals surface area contributed by atoms with Gasteiger partial charge in [0.15, 0.2) is 0 Å². The number of alkyl halides is 8. The lowest BCUT2D eigenvalue weighted by atomic mass is 10.3. The van der Waals surface area contributed by atoms with E-state index in [1.807, 2.05) is 6.58 Å². The monoisotopic (exact) mass is 352 g/mol. The molecule has 5 nitrogen and oxygen atoms in total. The van der Waals surface area contributed by atoms with E-state index in [-0.39, 0.29) is 0 Å². The van der Waals surface area contributed by atoms with E-state index in [0.717, 1.165) is 0 Å². The third-order valence-electron chi connectivity index (χ3n) is 1.76. The Hall–Kier alpha value is -1.44. The molecule has 0 aromatic carbocycles. The number of halogens is 8. The lowest BCUT2D eigenvalue weighted by molar-refractivity contribution is -0.259. The van der Waals surface area contributed by atoms with Crippen molar-refractivity contribution in [3.05, 3.63) is 12.2 Å². The molecule has 0 saturated carbocycles. The second-order valence-electron chi connectivity index (χ2n) is 3.34. The van der Waals surface area contributed by atoms with Gasteiger partial charge < -0.3 is 4.74 Å². The van der Waals surface area contributed by atoms with Crippen LogP contribution in [0.2, 0.25) is 0 Å². The molecule has 0 saturated heterocycles. The third-order valence-corrected chi connectivity index (χ3v) is 2.66. The molecule has 124 valence electrons. The van der Waals surface area contributed by atoms with Gasteiger partial charge in [0.05, 0.1) is 0 Å². The molecule has 0 radical (unpaired) electrons. The number of ether oxygens (including phenoxy) is 1. The normalized spacial score (nSPS) is 15.5. The van der Waals surface area contributed by atoms with Gasteiger partial charge in [-0.1, -0.05) is 6.58 Å². The summed E-state index contributed by atoms with van der Waals surface area (Å²) in [4.78, 5) is 10.7. The van der Waals surface area contributed by atoms with Gasteiger partial charge in [-0.05, 0) is 0 Å². The molecular formula is C7H4F8O5S.